The van der Waals surface area contributed by atoms with Gasteiger partial charge >= 0.3 is 6.18 Å². The quantitative estimate of drug-likeness (QED) is 0.582. The van der Waals surface area contributed by atoms with Crippen LogP contribution < -0.4 is 10.6 Å². The number of allylic oxidation sites excluding steroid dienone is 3. The molecule has 3 rings (SSSR count). The molecule has 1 aromatic rings. The first-order valence-corrected chi connectivity index (χ1v) is 11.1. The predicted octanol–water partition coefficient (Wildman–Crippen LogP) is 5.44. The monoisotopic (exact) mass is 449 g/mol. The van der Waals surface area contributed by atoms with Crippen molar-refractivity contribution >= 4 is 5.57 Å². The lowest BCUT2D eigenvalue weighted by atomic mass is 9.80. The second kappa shape index (κ2) is 9.08. The van der Waals surface area contributed by atoms with E-state index in [-0.39, 0.29) is 12.8 Å². The molecular weight excluding hydrogens is 415 g/mol. The number of nitrogens with one attached hydrogen (secondary N) is 2. The molecule has 0 amide bonds. The van der Waals surface area contributed by atoms with Crippen molar-refractivity contribution in [2.75, 3.05) is 13.1 Å². The minimum atomic E-state index is -4.18. The van der Waals surface area contributed by atoms with Crippen LogP contribution in [-0.4, -0.2) is 33.9 Å². The number of halogens is 3. The molecule has 176 valence electrons. The van der Waals surface area contributed by atoms with Crippen molar-refractivity contribution in [2.24, 2.45) is 12.5 Å². The number of piperidine rings is 1. The van der Waals surface area contributed by atoms with Crippen LogP contribution in [0.15, 0.2) is 54.0 Å². The molecular formula is C24H34F3N5. The Morgan fingerprint density at radius 2 is 1.88 bits per heavy atom. The number of aromatic nitrogens is 2. The van der Waals surface area contributed by atoms with Crippen LogP contribution in [0, 0.1) is 5.41 Å². The standard InChI is InChI=1S/C24H34F3N5/c1-7-19-8-9-21(20-14-28-31(6)15-20)16(2)22(19)30-17(3)29-18(4)32-12-10-23(5,11-13-32)24(25,26)27/h14-15,29-30H,3-4,7-13H2,1-2,5-6H3. The smallest absolute Gasteiger partial charge is 0.359 e. The molecule has 0 unspecified atom stereocenters. The van der Waals surface area contributed by atoms with Gasteiger partial charge in [0.2, 0.25) is 0 Å². The molecule has 0 atom stereocenters. The van der Waals surface area contributed by atoms with E-state index >= 15 is 0 Å². The Labute approximate surface area is 188 Å². The average Bonchev–Trinajstić information content (AvgIpc) is 3.15. The highest BCUT2D eigenvalue weighted by atomic mass is 19.4. The highest BCUT2D eigenvalue weighted by Crippen LogP contribution is 2.46. The van der Waals surface area contributed by atoms with Crippen molar-refractivity contribution in [3.05, 3.63) is 59.6 Å². The number of hydrogen-bond acceptors (Lipinski definition) is 4. The molecule has 1 aliphatic heterocycles. The van der Waals surface area contributed by atoms with E-state index in [4.69, 9.17) is 0 Å². The van der Waals surface area contributed by atoms with Crippen LogP contribution in [0.2, 0.25) is 0 Å². The molecule has 0 bridgehead atoms. The maximum absolute atomic E-state index is 13.3. The van der Waals surface area contributed by atoms with Crippen LogP contribution in [0.5, 0.6) is 0 Å². The lowest BCUT2D eigenvalue weighted by Gasteiger charge is -2.42. The number of rotatable bonds is 7. The molecule has 2 heterocycles. The molecule has 1 aliphatic carbocycles. The largest absolute Gasteiger partial charge is 0.394 e. The Bertz CT molecular complexity index is 943. The molecule has 0 saturated carbocycles. The van der Waals surface area contributed by atoms with Crippen LogP contribution in [0.1, 0.15) is 58.4 Å². The topological polar surface area (TPSA) is 45.1 Å². The molecule has 32 heavy (non-hydrogen) atoms. The van der Waals surface area contributed by atoms with E-state index < -0.39 is 11.6 Å². The molecule has 1 fully saturated rings. The lowest BCUT2D eigenvalue weighted by Crippen LogP contribution is -2.47. The van der Waals surface area contributed by atoms with Crippen LogP contribution in [0.4, 0.5) is 13.2 Å². The van der Waals surface area contributed by atoms with Gasteiger partial charge in [0, 0.05) is 37.6 Å². The third kappa shape index (κ3) is 4.89. The van der Waals surface area contributed by atoms with E-state index in [0.29, 0.717) is 24.7 Å². The normalized spacial score (nSPS) is 19.3. The molecule has 0 aromatic carbocycles. The van der Waals surface area contributed by atoms with Gasteiger partial charge in [0.15, 0.2) is 0 Å². The maximum Gasteiger partial charge on any atom is 0.394 e. The summed E-state index contributed by atoms with van der Waals surface area (Å²) in [5.41, 5.74) is 4.27. The first-order valence-electron chi connectivity index (χ1n) is 11.1. The summed E-state index contributed by atoms with van der Waals surface area (Å²) in [6, 6.07) is 0. The second-order valence-electron chi connectivity index (χ2n) is 9.06. The van der Waals surface area contributed by atoms with Gasteiger partial charge in [0.1, 0.15) is 5.82 Å². The van der Waals surface area contributed by atoms with Crippen LogP contribution >= 0.6 is 0 Å². The number of alkyl halides is 3. The Morgan fingerprint density at radius 3 is 2.41 bits per heavy atom. The summed E-state index contributed by atoms with van der Waals surface area (Å²) in [6.07, 6.45) is 2.67. The van der Waals surface area contributed by atoms with Crippen molar-refractivity contribution in [1.82, 2.24) is 25.3 Å². The lowest BCUT2D eigenvalue weighted by molar-refractivity contribution is -0.230. The van der Waals surface area contributed by atoms with Crippen LogP contribution in [0.3, 0.4) is 0 Å². The van der Waals surface area contributed by atoms with Crippen LogP contribution in [-0.2, 0) is 7.05 Å². The van der Waals surface area contributed by atoms with Gasteiger partial charge in [-0.2, -0.15) is 18.3 Å². The third-order valence-electron chi connectivity index (χ3n) is 6.84. The van der Waals surface area contributed by atoms with Crippen molar-refractivity contribution in [2.45, 2.75) is 59.1 Å². The van der Waals surface area contributed by atoms with Gasteiger partial charge in [-0.1, -0.05) is 27.0 Å². The summed E-state index contributed by atoms with van der Waals surface area (Å²) in [4.78, 5) is 1.86. The molecule has 2 aliphatic rings. The molecule has 1 aromatic heterocycles. The molecule has 8 heteroatoms. The molecule has 0 radical (unpaired) electrons. The Hall–Kier alpha value is -2.64. The van der Waals surface area contributed by atoms with Gasteiger partial charge in [0.25, 0.3) is 0 Å². The summed E-state index contributed by atoms with van der Waals surface area (Å²) in [5, 5.41) is 10.9. The molecule has 1 saturated heterocycles. The number of nitrogens with zero attached hydrogens (tertiary/aromatic N) is 3. The fraction of sp³-hybridized carbons (Fsp3) is 0.542. The van der Waals surface area contributed by atoms with E-state index in [1.165, 1.54) is 18.1 Å². The first-order chi connectivity index (χ1) is 14.9. The van der Waals surface area contributed by atoms with Crippen molar-refractivity contribution in [1.29, 1.82) is 0 Å². The summed E-state index contributed by atoms with van der Waals surface area (Å²) in [7, 11) is 1.91. The molecule has 5 nitrogen and oxygen atoms in total. The van der Waals surface area contributed by atoms with E-state index in [1.807, 2.05) is 24.3 Å². The summed E-state index contributed by atoms with van der Waals surface area (Å²) < 4.78 is 41.7. The first kappa shape index (κ1) is 24.0. The van der Waals surface area contributed by atoms with Crippen molar-refractivity contribution in [3.63, 3.8) is 0 Å². The minimum absolute atomic E-state index is 0.0541. The van der Waals surface area contributed by atoms with Crippen LogP contribution in [0.25, 0.3) is 5.57 Å². The van der Waals surface area contributed by atoms with Crippen molar-refractivity contribution < 1.29 is 13.2 Å². The van der Waals surface area contributed by atoms with E-state index in [9.17, 15) is 13.2 Å². The van der Waals surface area contributed by atoms with Gasteiger partial charge in [-0.25, -0.2) is 0 Å². The van der Waals surface area contributed by atoms with Gasteiger partial charge in [-0.05, 0) is 55.7 Å². The van der Waals surface area contributed by atoms with E-state index in [0.717, 1.165) is 36.1 Å². The maximum atomic E-state index is 13.3. The summed E-state index contributed by atoms with van der Waals surface area (Å²) in [6.45, 7) is 14.3. The summed E-state index contributed by atoms with van der Waals surface area (Å²) >= 11 is 0. The Kier molecular flexibility index (Phi) is 6.81. The van der Waals surface area contributed by atoms with E-state index in [2.05, 4.69) is 42.7 Å². The predicted molar refractivity (Wildman–Crippen MR) is 122 cm³/mol. The second-order valence-corrected chi connectivity index (χ2v) is 9.06. The zero-order chi connectivity index (χ0) is 23.7. The fourth-order valence-corrected chi connectivity index (χ4v) is 4.47. The van der Waals surface area contributed by atoms with E-state index in [1.54, 1.807) is 4.68 Å². The number of hydrogen-bond donors (Lipinski definition) is 2. The fourth-order valence-electron chi connectivity index (χ4n) is 4.47. The third-order valence-corrected chi connectivity index (χ3v) is 6.84. The highest BCUT2D eigenvalue weighted by Gasteiger charge is 2.52. The zero-order valence-electron chi connectivity index (χ0n) is 19.5. The van der Waals surface area contributed by atoms with Gasteiger partial charge in [0.05, 0.1) is 17.4 Å². The van der Waals surface area contributed by atoms with Crippen molar-refractivity contribution in [3.8, 4) is 0 Å². The summed E-state index contributed by atoms with van der Waals surface area (Å²) in [5.74, 6) is 1.13. The van der Waals surface area contributed by atoms with Gasteiger partial charge in [-0.15, -0.1) is 0 Å². The highest BCUT2D eigenvalue weighted by molar-refractivity contribution is 5.73. The zero-order valence-corrected chi connectivity index (χ0v) is 19.5. The SMILES string of the molecule is C=C(NC(=C)N1CCC(C)(C(F)(F)F)CC1)NC1=C(CC)CCC(c2cnn(C)c2)=C1C. The Morgan fingerprint density at radius 1 is 1.22 bits per heavy atom. The average molecular weight is 450 g/mol. The Balaban J connectivity index is 1.66. The number of likely N-dealkylation sites (tertiary alicyclic amines) is 1. The molecule has 0 spiro atoms. The number of aryl methyl sites for hydroxylation is 1. The van der Waals surface area contributed by atoms with Gasteiger partial charge < -0.3 is 15.5 Å². The molecule has 2 N–H and O–H groups in total. The van der Waals surface area contributed by atoms with Gasteiger partial charge in [-0.3, -0.25) is 4.68 Å². The minimum Gasteiger partial charge on any atom is -0.359 e.